The van der Waals surface area contributed by atoms with Gasteiger partial charge in [0, 0.05) is 18.7 Å². The van der Waals surface area contributed by atoms with Crippen molar-refractivity contribution in [2.24, 2.45) is 0 Å². The Morgan fingerprint density at radius 2 is 2.04 bits per heavy atom. The number of hydrogen-bond acceptors (Lipinski definition) is 4. The normalized spacial score (nSPS) is 19.0. The molecular formula is C22H26N4O2. The number of nitrogens with one attached hydrogen (secondary N) is 2. The Morgan fingerprint density at radius 3 is 2.79 bits per heavy atom. The quantitative estimate of drug-likeness (QED) is 0.840. The average Bonchev–Trinajstić information content (AvgIpc) is 3.19. The molecule has 2 aliphatic heterocycles. The number of hydrogen-bond donors (Lipinski definition) is 2. The molecule has 6 nitrogen and oxygen atoms in total. The van der Waals surface area contributed by atoms with Crippen LogP contribution in [0.25, 0.3) is 0 Å². The van der Waals surface area contributed by atoms with Crippen molar-refractivity contribution >= 4 is 23.2 Å². The Kier molecular flexibility index (Phi) is 5.05. The molecular weight excluding hydrogens is 352 g/mol. The molecule has 0 saturated carbocycles. The summed E-state index contributed by atoms with van der Waals surface area (Å²) in [7, 11) is 4.01. The van der Waals surface area contributed by atoms with E-state index in [2.05, 4.69) is 32.6 Å². The highest BCUT2D eigenvalue weighted by Crippen LogP contribution is 2.37. The fourth-order valence-electron chi connectivity index (χ4n) is 4.14. The highest BCUT2D eigenvalue weighted by molar-refractivity contribution is 6.06. The number of anilines is 2. The van der Waals surface area contributed by atoms with Crippen LogP contribution in [-0.4, -0.2) is 49.9 Å². The summed E-state index contributed by atoms with van der Waals surface area (Å²) in [5, 5.41) is 6.00. The Morgan fingerprint density at radius 1 is 1.25 bits per heavy atom. The summed E-state index contributed by atoms with van der Waals surface area (Å²) in [5.41, 5.74) is 3.45. The second-order valence-corrected chi connectivity index (χ2v) is 7.67. The van der Waals surface area contributed by atoms with Gasteiger partial charge in [-0.2, -0.15) is 0 Å². The van der Waals surface area contributed by atoms with Crippen LogP contribution in [0.3, 0.4) is 0 Å². The van der Waals surface area contributed by atoms with Crippen molar-refractivity contribution in [3.05, 3.63) is 59.7 Å². The Hall–Kier alpha value is -2.86. The molecule has 0 aliphatic carbocycles. The van der Waals surface area contributed by atoms with Crippen molar-refractivity contribution in [3.8, 4) is 0 Å². The number of benzene rings is 2. The summed E-state index contributed by atoms with van der Waals surface area (Å²) in [5.74, 6) is -0.109. The highest BCUT2D eigenvalue weighted by Gasteiger charge is 2.36. The fourth-order valence-corrected chi connectivity index (χ4v) is 4.14. The van der Waals surface area contributed by atoms with Gasteiger partial charge in [0.25, 0.3) is 5.91 Å². The van der Waals surface area contributed by atoms with E-state index in [0.717, 1.165) is 36.3 Å². The number of fused-ring (bicyclic) bond motifs is 3. The van der Waals surface area contributed by atoms with E-state index in [1.807, 2.05) is 44.4 Å². The minimum atomic E-state index is -0.136. The fraction of sp³-hybridized carbons (Fsp3) is 0.364. The zero-order chi connectivity index (χ0) is 19.7. The lowest BCUT2D eigenvalue weighted by Crippen LogP contribution is -2.44. The van der Waals surface area contributed by atoms with Crippen LogP contribution in [0.4, 0.5) is 11.4 Å². The first-order chi connectivity index (χ1) is 13.5. The molecule has 6 heteroatoms. The molecule has 2 atom stereocenters. The molecule has 0 aromatic heterocycles. The molecule has 1 saturated heterocycles. The molecule has 0 unspecified atom stereocenters. The molecule has 0 radical (unpaired) electrons. The van der Waals surface area contributed by atoms with Gasteiger partial charge in [0.05, 0.1) is 17.4 Å². The van der Waals surface area contributed by atoms with Crippen LogP contribution in [0.2, 0.25) is 0 Å². The summed E-state index contributed by atoms with van der Waals surface area (Å²) in [6, 6.07) is 15.7. The van der Waals surface area contributed by atoms with Crippen LogP contribution in [0, 0.1) is 0 Å². The summed E-state index contributed by atoms with van der Waals surface area (Å²) < 4.78 is 0. The first kappa shape index (κ1) is 18.5. The maximum Gasteiger partial charge on any atom is 0.251 e. The van der Waals surface area contributed by atoms with E-state index < -0.39 is 0 Å². The van der Waals surface area contributed by atoms with Crippen molar-refractivity contribution in [1.29, 1.82) is 0 Å². The molecule has 2 heterocycles. The largest absolute Gasteiger partial charge is 0.358 e. The first-order valence-electron chi connectivity index (χ1n) is 9.76. The second kappa shape index (κ2) is 7.64. The van der Waals surface area contributed by atoms with Crippen molar-refractivity contribution in [2.45, 2.75) is 24.9 Å². The van der Waals surface area contributed by atoms with Gasteiger partial charge >= 0.3 is 0 Å². The minimum absolute atomic E-state index is 0.0271. The predicted molar refractivity (Wildman–Crippen MR) is 111 cm³/mol. The SMILES string of the molecule is CN(C)[C@H](CNC(=O)c1ccc2c(c1)NC(=O)[C@@H]1CCCN21)c1ccccc1. The Labute approximate surface area is 165 Å². The van der Waals surface area contributed by atoms with Gasteiger partial charge < -0.3 is 20.4 Å². The zero-order valence-corrected chi connectivity index (χ0v) is 16.3. The van der Waals surface area contributed by atoms with Crippen LogP contribution in [0.1, 0.15) is 34.8 Å². The lowest BCUT2D eigenvalue weighted by molar-refractivity contribution is -0.117. The molecule has 2 N–H and O–H groups in total. The molecule has 0 bridgehead atoms. The van der Waals surface area contributed by atoms with Crippen molar-refractivity contribution in [3.63, 3.8) is 0 Å². The summed E-state index contributed by atoms with van der Waals surface area (Å²) in [4.78, 5) is 29.3. The molecule has 2 amide bonds. The molecule has 4 rings (SSSR count). The third-order valence-corrected chi connectivity index (χ3v) is 5.65. The molecule has 28 heavy (non-hydrogen) atoms. The molecule has 146 valence electrons. The molecule has 2 aromatic carbocycles. The van der Waals surface area contributed by atoms with Gasteiger partial charge in [0.2, 0.25) is 5.91 Å². The predicted octanol–water partition coefficient (Wildman–Crippen LogP) is 2.64. The van der Waals surface area contributed by atoms with Crippen molar-refractivity contribution in [2.75, 3.05) is 37.4 Å². The number of amides is 2. The van der Waals surface area contributed by atoms with Gasteiger partial charge in [-0.1, -0.05) is 30.3 Å². The Bertz CT molecular complexity index is 881. The van der Waals surface area contributed by atoms with E-state index in [0.29, 0.717) is 12.1 Å². The van der Waals surface area contributed by atoms with Crippen molar-refractivity contribution < 1.29 is 9.59 Å². The van der Waals surface area contributed by atoms with E-state index in [9.17, 15) is 9.59 Å². The van der Waals surface area contributed by atoms with Crippen LogP contribution < -0.4 is 15.5 Å². The molecule has 2 aromatic rings. The lowest BCUT2D eigenvalue weighted by atomic mass is 10.0. The third kappa shape index (κ3) is 3.47. The number of nitrogens with zero attached hydrogens (tertiary/aromatic N) is 2. The zero-order valence-electron chi connectivity index (χ0n) is 16.3. The van der Waals surface area contributed by atoms with Gasteiger partial charge in [0.15, 0.2) is 0 Å². The van der Waals surface area contributed by atoms with Gasteiger partial charge in [0.1, 0.15) is 6.04 Å². The Balaban J connectivity index is 1.48. The maximum atomic E-state index is 12.7. The van der Waals surface area contributed by atoms with Gasteiger partial charge in [-0.3, -0.25) is 9.59 Å². The summed E-state index contributed by atoms with van der Waals surface area (Å²) in [6.45, 7) is 1.39. The molecule has 2 aliphatic rings. The second-order valence-electron chi connectivity index (χ2n) is 7.67. The lowest BCUT2D eigenvalue weighted by Gasteiger charge is -2.33. The molecule has 1 fully saturated rings. The van der Waals surface area contributed by atoms with E-state index in [1.54, 1.807) is 6.07 Å². The molecule has 0 spiro atoms. The average molecular weight is 378 g/mol. The number of rotatable bonds is 5. The smallest absolute Gasteiger partial charge is 0.251 e. The van der Waals surface area contributed by atoms with E-state index in [1.165, 1.54) is 0 Å². The van der Waals surface area contributed by atoms with Crippen LogP contribution in [0.5, 0.6) is 0 Å². The van der Waals surface area contributed by atoms with Gasteiger partial charge in [-0.25, -0.2) is 0 Å². The van der Waals surface area contributed by atoms with E-state index >= 15 is 0 Å². The monoisotopic (exact) mass is 378 g/mol. The van der Waals surface area contributed by atoms with Crippen LogP contribution in [-0.2, 0) is 4.79 Å². The number of carbonyl (C=O) groups excluding carboxylic acids is 2. The minimum Gasteiger partial charge on any atom is -0.358 e. The third-order valence-electron chi connectivity index (χ3n) is 5.65. The standard InChI is InChI=1S/C22H26N4O2/c1-25(2)20(15-7-4-3-5-8-15)14-23-21(27)16-10-11-18-17(13-16)24-22(28)19-9-6-12-26(18)19/h3-5,7-8,10-11,13,19-20H,6,9,12,14H2,1-2H3,(H,23,27)(H,24,28)/t19-,20+/m0/s1. The number of likely N-dealkylation sites (N-methyl/N-ethyl adjacent to an activating group) is 1. The number of carbonyl (C=O) groups is 2. The van der Waals surface area contributed by atoms with Gasteiger partial charge in [-0.05, 0) is 50.7 Å². The van der Waals surface area contributed by atoms with Crippen molar-refractivity contribution in [1.82, 2.24) is 10.2 Å². The van der Waals surface area contributed by atoms with Gasteiger partial charge in [-0.15, -0.1) is 0 Å². The van der Waals surface area contributed by atoms with E-state index in [4.69, 9.17) is 0 Å². The van der Waals surface area contributed by atoms with Crippen LogP contribution in [0.15, 0.2) is 48.5 Å². The van der Waals surface area contributed by atoms with Crippen LogP contribution >= 0.6 is 0 Å². The maximum absolute atomic E-state index is 12.7. The van der Waals surface area contributed by atoms with E-state index in [-0.39, 0.29) is 23.9 Å². The summed E-state index contributed by atoms with van der Waals surface area (Å²) >= 11 is 0. The first-order valence-corrected chi connectivity index (χ1v) is 9.76. The topological polar surface area (TPSA) is 64.7 Å². The highest BCUT2D eigenvalue weighted by atomic mass is 16.2. The summed E-state index contributed by atoms with van der Waals surface area (Å²) in [6.07, 6.45) is 1.91.